The van der Waals surface area contributed by atoms with Gasteiger partial charge in [0.05, 0.1) is 20.8 Å². The van der Waals surface area contributed by atoms with Gasteiger partial charge in [-0.25, -0.2) is 0 Å². The molecule has 1 N–H and O–H groups in total. The molecule has 6 heteroatoms. The molecule has 2 aromatic carbocycles. The van der Waals surface area contributed by atoms with Gasteiger partial charge in [-0.15, -0.1) is 0 Å². The molecule has 1 heterocycles. The Morgan fingerprint density at radius 1 is 1.04 bits per heavy atom. The van der Waals surface area contributed by atoms with Crippen LogP contribution in [0.5, 0.6) is 11.5 Å². The Balaban J connectivity index is 1.62. The summed E-state index contributed by atoms with van der Waals surface area (Å²) in [6.45, 7) is 3.05. The second-order valence-corrected chi connectivity index (χ2v) is 6.59. The maximum Gasteiger partial charge on any atom is 0.251 e. The average molecular weight is 368 g/mol. The summed E-state index contributed by atoms with van der Waals surface area (Å²) in [5.41, 5.74) is 3.83. The molecule has 0 aromatic heterocycles. The van der Waals surface area contributed by atoms with E-state index in [1.807, 2.05) is 31.2 Å². The van der Waals surface area contributed by atoms with Crippen molar-refractivity contribution in [2.24, 2.45) is 0 Å². The van der Waals surface area contributed by atoms with E-state index in [2.05, 4.69) is 5.32 Å². The van der Waals surface area contributed by atoms with E-state index in [1.54, 1.807) is 31.3 Å². The Hall–Kier alpha value is -3.02. The minimum Gasteiger partial charge on any atom is -0.493 e. The standard InChI is InChI=1S/C21H24N2O4/c1-14-4-6-15(7-5-14)21(25)22-12-20(24)23-9-8-16-10-18(26-2)19(27-3)11-17(16)13-23/h4-7,10-11H,8-9,12-13H2,1-3H3,(H,22,25). The normalized spacial score (nSPS) is 12.9. The average Bonchev–Trinajstić information content (AvgIpc) is 2.70. The quantitative estimate of drug-likeness (QED) is 0.880. The third-order valence-corrected chi connectivity index (χ3v) is 4.78. The molecule has 2 amide bonds. The van der Waals surface area contributed by atoms with Crippen LogP contribution in [0.2, 0.25) is 0 Å². The van der Waals surface area contributed by atoms with Gasteiger partial charge < -0.3 is 19.7 Å². The second-order valence-electron chi connectivity index (χ2n) is 6.59. The minimum absolute atomic E-state index is 0.0185. The molecule has 0 bridgehead atoms. The zero-order valence-corrected chi connectivity index (χ0v) is 15.9. The maximum absolute atomic E-state index is 12.5. The first-order valence-corrected chi connectivity index (χ1v) is 8.88. The SMILES string of the molecule is COc1cc2c(cc1OC)CN(C(=O)CNC(=O)c1ccc(C)cc1)CC2. The number of fused-ring (bicyclic) bond motifs is 1. The van der Waals surface area contributed by atoms with Crippen molar-refractivity contribution in [1.82, 2.24) is 10.2 Å². The highest BCUT2D eigenvalue weighted by Gasteiger charge is 2.23. The van der Waals surface area contributed by atoms with Crippen LogP contribution in [0.3, 0.4) is 0 Å². The highest BCUT2D eigenvalue weighted by Crippen LogP contribution is 2.33. The fourth-order valence-corrected chi connectivity index (χ4v) is 3.17. The van der Waals surface area contributed by atoms with E-state index >= 15 is 0 Å². The van der Waals surface area contributed by atoms with Crippen LogP contribution in [-0.4, -0.2) is 44.0 Å². The van der Waals surface area contributed by atoms with E-state index in [9.17, 15) is 9.59 Å². The number of amides is 2. The molecule has 0 fully saturated rings. The summed E-state index contributed by atoms with van der Waals surface area (Å²) < 4.78 is 10.7. The van der Waals surface area contributed by atoms with Crippen molar-refractivity contribution in [3.05, 3.63) is 58.7 Å². The second kappa shape index (κ2) is 8.12. The Bertz CT molecular complexity index is 846. The molecule has 0 unspecified atom stereocenters. The zero-order valence-electron chi connectivity index (χ0n) is 15.9. The summed E-state index contributed by atoms with van der Waals surface area (Å²) in [4.78, 5) is 26.5. The summed E-state index contributed by atoms with van der Waals surface area (Å²) in [5.74, 6) is 1.00. The number of nitrogens with one attached hydrogen (secondary N) is 1. The molecule has 0 radical (unpaired) electrons. The van der Waals surface area contributed by atoms with Crippen LogP contribution in [-0.2, 0) is 17.8 Å². The molecule has 3 rings (SSSR count). The van der Waals surface area contributed by atoms with E-state index in [0.29, 0.717) is 30.2 Å². The molecule has 1 aliphatic heterocycles. The number of ether oxygens (including phenoxy) is 2. The summed E-state index contributed by atoms with van der Waals surface area (Å²) >= 11 is 0. The van der Waals surface area contributed by atoms with Crippen molar-refractivity contribution in [2.45, 2.75) is 19.9 Å². The zero-order chi connectivity index (χ0) is 19.4. The molecule has 0 saturated heterocycles. The topological polar surface area (TPSA) is 67.9 Å². The molecule has 0 saturated carbocycles. The van der Waals surface area contributed by atoms with Crippen molar-refractivity contribution < 1.29 is 19.1 Å². The van der Waals surface area contributed by atoms with Crippen molar-refractivity contribution >= 4 is 11.8 Å². The van der Waals surface area contributed by atoms with Crippen LogP contribution < -0.4 is 14.8 Å². The molecule has 6 nitrogen and oxygen atoms in total. The maximum atomic E-state index is 12.5. The van der Waals surface area contributed by atoms with Crippen molar-refractivity contribution in [1.29, 1.82) is 0 Å². The highest BCUT2D eigenvalue weighted by molar-refractivity contribution is 5.96. The number of carbonyl (C=O) groups excluding carboxylic acids is 2. The summed E-state index contributed by atoms with van der Waals surface area (Å²) in [6, 6.07) is 11.1. The van der Waals surface area contributed by atoms with Crippen molar-refractivity contribution in [3.8, 4) is 11.5 Å². The van der Waals surface area contributed by atoms with Crippen LogP contribution in [0.15, 0.2) is 36.4 Å². The van der Waals surface area contributed by atoms with Crippen LogP contribution in [0, 0.1) is 6.92 Å². The van der Waals surface area contributed by atoms with E-state index in [-0.39, 0.29) is 18.4 Å². The van der Waals surface area contributed by atoms with Gasteiger partial charge >= 0.3 is 0 Å². The summed E-state index contributed by atoms with van der Waals surface area (Å²) in [6.07, 6.45) is 0.743. The van der Waals surface area contributed by atoms with Gasteiger partial charge in [0.1, 0.15) is 0 Å². The number of nitrogens with zero attached hydrogens (tertiary/aromatic N) is 1. The predicted octanol–water partition coefficient (Wildman–Crippen LogP) is 2.33. The summed E-state index contributed by atoms with van der Waals surface area (Å²) in [5, 5.41) is 2.71. The number of rotatable bonds is 5. The lowest BCUT2D eigenvalue weighted by Crippen LogP contribution is -2.42. The van der Waals surface area contributed by atoms with Crippen LogP contribution in [0.4, 0.5) is 0 Å². The molecule has 0 atom stereocenters. The van der Waals surface area contributed by atoms with Gasteiger partial charge in [-0.1, -0.05) is 17.7 Å². The predicted molar refractivity (Wildman–Crippen MR) is 102 cm³/mol. The van der Waals surface area contributed by atoms with Gasteiger partial charge in [0.2, 0.25) is 5.91 Å². The van der Waals surface area contributed by atoms with Gasteiger partial charge in [-0.2, -0.15) is 0 Å². The lowest BCUT2D eigenvalue weighted by molar-refractivity contribution is -0.131. The fourth-order valence-electron chi connectivity index (χ4n) is 3.17. The van der Waals surface area contributed by atoms with Crippen LogP contribution in [0.1, 0.15) is 27.0 Å². The van der Waals surface area contributed by atoms with Gasteiger partial charge in [-0.05, 0) is 48.7 Å². The van der Waals surface area contributed by atoms with E-state index in [4.69, 9.17) is 9.47 Å². The number of hydrogen-bond acceptors (Lipinski definition) is 4. The monoisotopic (exact) mass is 368 g/mol. The molecule has 1 aliphatic rings. The third kappa shape index (κ3) is 4.22. The molecule has 0 spiro atoms. The van der Waals surface area contributed by atoms with Crippen LogP contribution in [0.25, 0.3) is 0 Å². The Morgan fingerprint density at radius 3 is 2.30 bits per heavy atom. The Labute approximate surface area is 159 Å². The third-order valence-electron chi connectivity index (χ3n) is 4.78. The largest absolute Gasteiger partial charge is 0.493 e. The highest BCUT2D eigenvalue weighted by atomic mass is 16.5. The number of hydrogen-bond donors (Lipinski definition) is 1. The van der Waals surface area contributed by atoms with Gasteiger partial charge in [-0.3, -0.25) is 9.59 Å². The lowest BCUT2D eigenvalue weighted by Gasteiger charge is -2.29. The molecule has 0 aliphatic carbocycles. The van der Waals surface area contributed by atoms with Crippen LogP contribution >= 0.6 is 0 Å². The number of carbonyl (C=O) groups is 2. The van der Waals surface area contributed by atoms with Crippen molar-refractivity contribution in [3.63, 3.8) is 0 Å². The van der Waals surface area contributed by atoms with Gasteiger partial charge in [0, 0.05) is 18.7 Å². The van der Waals surface area contributed by atoms with Gasteiger partial charge in [0.25, 0.3) is 5.91 Å². The van der Waals surface area contributed by atoms with E-state index in [0.717, 1.165) is 23.1 Å². The molecule has 142 valence electrons. The molecule has 27 heavy (non-hydrogen) atoms. The Morgan fingerprint density at radius 2 is 1.67 bits per heavy atom. The lowest BCUT2D eigenvalue weighted by atomic mass is 9.98. The van der Waals surface area contributed by atoms with E-state index in [1.165, 1.54) is 0 Å². The minimum atomic E-state index is -0.243. The molecular weight excluding hydrogens is 344 g/mol. The first kappa shape index (κ1) is 18.8. The Kier molecular flexibility index (Phi) is 5.64. The number of methoxy groups -OCH3 is 2. The van der Waals surface area contributed by atoms with Gasteiger partial charge in [0.15, 0.2) is 11.5 Å². The smallest absolute Gasteiger partial charge is 0.251 e. The fraction of sp³-hybridized carbons (Fsp3) is 0.333. The van der Waals surface area contributed by atoms with E-state index < -0.39 is 0 Å². The summed E-state index contributed by atoms with van der Waals surface area (Å²) in [7, 11) is 3.20. The number of aryl methyl sites for hydroxylation is 1. The van der Waals surface area contributed by atoms with Crippen molar-refractivity contribution in [2.75, 3.05) is 27.3 Å². The molecule has 2 aromatic rings. The first-order valence-electron chi connectivity index (χ1n) is 8.88. The number of benzene rings is 2. The molecular formula is C21H24N2O4. The first-order chi connectivity index (χ1) is 13.0.